The highest BCUT2D eigenvalue weighted by molar-refractivity contribution is 5.91. The van der Waals surface area contributed by atoms with Crippen LogP contribution in [0, 0.1) is 0 Å². The first kappa shape index (κ1) is 22.5. The Morgan fingerprint density at radius 2 is 1.61 bits per heavy atom. The zero-order valence-corrected chi connectivity index (χ0v) is 18.1. The molecule has 0 bridgehead atoms. The van der Waals surface area contributed by atoms with Gasteiger partial charge in [-0.25, -0.2) is 4.79 Å². The lowest BCUT2D eigenvalue weighted by Crippen LogP contribution is -2.26. The van der Waals surface area contributed by atoms with Gasteiger partial charge < -0.3 is 14.7 Å². The van der Waals surface area contributed by atoms with Crippen LogP contribution in [-0.4, -0.2) is 41.8 Å². The van der Waals surface area contributed by atoms with Crippen molar-refractivity contribution in [3.63, 3.8) is 0 Å². The van der Waals surface area contributed by atoms with E-state index < -0.39 is 0 Å². The summed E-state index contributed by atoms with van der Waals surface area (Å²) in [6.45, 7) is 10.4. The van der Waals surface area contributed by atoms with E-state index in [2.05, 4.69) is 37.0 Å². The van der Waals surface area contributed by atoms with Crippen LogP contribution in [0.4, 0.5) is 0 Å². The standard InChI is InChI=1S/C24H37NO3/c1-18(10-8-12-20(3)17-26)9-7-11-19(2)13-14-22-23(21(4)24(27)28-22)25-15-5-6-16-25/h9,12-13,22,26H,5-8,10-11,14-17H2,1-4H3. The van der Waals surface area contributed by atoms with Crippen LogP contribution in [-0.2, 0) is 9.53 Å². The summed E-state index contributed by atoms with van der Waals surface area (Å²) in [6.07, 6.45) is 13.8. The minimum atomic E-state index is -0.151. The van der Waals surface area contributed by atoms with Gasteiger partial charge >= 0.3 is 5.97 Å². The number of nitrogens with zero attached hydrogens (tertiary/aromatic N) is 1. The molecule has 0 saturated carbocycles. The minimum Gasteiger partial charge on any atom is -0.452 e. The fourth-order valence-electron chi connectivity index (χ4n) is 3.85. The quantitative estimate of drug-likeness (QED) is 0.420. The van der Waals surface area contributed by atoms with Gasteiger partial charge in [0.1, 0.15) is 6.10 Å². The number of cyclic esters (lactones) is 1. The van der Waals surface area contributed by atoms with Crippen LogP contribution in [0.2, 0.25) is 0 Å². The van der Waals surface area contributed by atoms with Gasteiger partial charge in [-0.1, -0.05) is 34.9 Å². The van der Waals surface area contributed by atoms with Gasteiger partial charge in [0.25, 0.3) is 0 Å². The average Bonchev–Trinajstić information content (AvgIpc) is 3.28. The van der Waals surface area contributed by atoms with Gasteiger partial charge in [0.15, 0.2) is 0 Å². The molecule has 1 saturated heterocycles. The maximum Gasteiger partial charge on any atom is 0.336 e. The molecule has 4 nitrogen and oxygen atoms in total. The molecule has 4 heteroatoms. The fourth-order valence-corrected chi connectivity index (χ4v) is 3.85. The predicted octanol–water partition coefficient (Wildman–Crippen LogP) is 5.06. The SMILES string of the molecule is CC(=CCCC(C)=CCCC(C)=CCC1OC(=O)C(C)=C1N1CCCC1)CO. The van der Waals surface area contributed by atoms with Crippen LogP contribution in [0.15, 0.2) is 46.2 Å². The Hall–Kier alpha value is -1.81. The topological polar surface area (TPSA) is 49.8 Å². The number of aliphatic hydroxyl groups is 1. The molecule has 0 aromatic carbocycles. The van der Waals surface area contributed by atoms with E-state index in [1.54, 1.807) is 0 Å². The Kier molecular flexibility index (Phi) is 9.04. The zero-order valence-electron chi connectivity index (χ0n) is 18.1. The summed E-state index contributed by atoms with van der Waals surface area (Å²) in [5, 5.41) is 9.02. The molecule has 2 aliphatic heterocycles. The molecule has 0 aromatic rings. The summed E-state index contributed by atoms with van der Waals surface area (Å²) in [5.74, 6) is -0.151. The van der Waals surface area contributed by atoms with Gasteiger partial charge in [0.2, 0.25) is 0 Å². The van der Waals surface area contributed by atoms with Gasteiger partial charge in [-0.3, -0.25) is 0 Å². The number of carbonyl (C=O) groups excluding carboxylic acids is 1. The Bertz CT molecular complexity index is 663. The molecule has 1 N–H and O–H groups in total. The molecular weight excluding hydrogens is 350 g/mol. The lowest BCUT2D eigenvalue weighted by molar-refractivity contribution is -0.139. The number of esters is 1. The summed E-state index contributed by atoms with van der Waals surface area (Å²) < 4.78 is 5.63. The van der Waals surface area contributed by atoms with E-state index in [1.807, 2.05) is 13.8 Å². The first-order chi connectivity index (χ1) is 13.4. The molecule has 156 valence electrons. The largest absolute Gasteiger partial charge is 0.452 e. The maximum atomic E-state index is 12.0. The lowest BCUT2D eigenvalue weighted by atomic mass is 10.0. The van der Waals surface area contributed by atoms with E-state index in [4.69, 9.17) is 9.84 Å². The molecule has 1 unspecified atom stereocenters. The van der Waals surface area contributed by atoms with Crippen LogP contribution in [0.3, 0.4) is 0 Å². The summed E-state index contributed by atoms with van der Waals surface area (Å²) in [4.78, 5) is 14.4. The highest BCUT2D eigenvalue weighted by Crippen LogP contribution is 2.31. The van der Waals surface area contributed by atoms with Crippen LogP contribution < -0.4 is 0 Å². The first-order valence-electron chi connectivity index (χ1n) is 10.7. The number of carbonyl (C=O) groups is 1. The van der Waals surface area contributed by atoms with Gasteiger partial charge in [-0.15, -0.1) is 0 Å². The Morgan fingerprint density at radius 3 is 2.21 bits per heavy atom. The number of aliphatic hydroxyl groups excluding tert-OH is 1. The molecule has 0 aromatic heterocycles. The smallest absolute Gasteiger partial charge is 0.336 e. The van der Waals surface area contributed by atoms with Crippen molar-refractivity contribution in [3.8, 4) is 0 Å². The third-order valence-electron chi connectivity index (χ3n) is 5.68. The normalized spacial score (nSPS) is 21.8. The molecule has 2 rings (SSSR count). The van der Waals surface area contributed by atoms with Gasteiger partial charge in [0, 0.05) is 19.5 Å². The van der Waals surface area contributed by atoms with Crippen molar-refractivity contribution in [2.75, 3.05) is 19.7 Å². The number of rotatable bonds is 10. The van der Waals surface area contributed by atoms with Crippen molar-refractivity contribution in [3.05, 3.63) is 46.2 Å². The molecule has 1 atom stereocenters. The third-order valence-corrected chi connectivity index (χ3v) is 5.68. The number of likely N-dealkylation sites (tertiary alicyclic amines) is 1. The Morgan fingerprint density at radius 1 is 1.04 bits per heavy atom. The predicted molar refractivity (Wildman–Crippen MR) is 115 cm³/mol. The summed E-state index contributed by atoms with van der Waals surface area (Å²) in [7, 11) is 0. The number of ether oxygens (including phenoxy) is 1. The zero-order chi connectivity index (χ0) is 20.5. The summed E-state index contributed by atoms with van der Waals surface area (Å²) in [5.41, 5.74) is 5.70. The van der Waals surface area contributed by atoms with E-state index in [0.717, 1.165) is 62.0 Å². The minimum absolute atomic E-state index is 0.112. The third kappa shape index (κ3) is 6.66. The highest BCUT2D eigenvalue weighted by Gasteiger charge is 2.35. The van der Waals surface area contributed by atoms with Gasteiger partial charge in [-0.05, 0) is 66.2 Å². The van der Waals surface area contributed by atoms with E-state index in [0.29, 0.717) is 0 Å². The van der Waals surface area contributed by atoms with Gasteiger partial charge in [0.05, 0.1) is 17.9 Å². The number of hydrogen-bond donors (Lipinski definition) is 1. The maximum absolute atomic E-state index is 12.0. The summed E-state index contributed by atoms with van der Waals surface area (Å²) in [6, 6.07) is 0. The average molecular weight is 388 g/mol. The Labute approximate surface area is 170 Å². The van der Waals surface area contributed by atoms with Crippen molar-refractivity contribution in [2.24, 2.45) is 0 Å². The second-order valence-electron chi connectivity index (χ2n) is 8.22. The molecular formula is C24H37NO3. The van der Waals surface area contributed by atoms with Crippen molar-refractivity contribution in [2.45, 2.75) is 78.7 Å². The van der Waals surface area contributed by atoms with E-state index >= 15 is 0 Å². The molecule has 0 aliphatic carbocycles. The van der Waals surface area contributed by atoms with Crippen molar-refractivity contribution in [1.82, 2.24) is 4.90 Å². The molecule has 0 spiro atoms. The van der Waals surface area contributed by atoms with Crippen molar-refractivity contribution in [1.29, 1.82) is 0 Å². The lowest BCUT2D eigenvalue weighted by Gasteiger charge is -2.23. The van der Waals surface area contributed by atoms with Crippen molar-refractivity contribution >= 4 is 5.97 Å². The second-order valence-corrected chi connectivity index (χ2v) is 8.22. The number of hydrogen-bond acceptors (Lipinski definition) is 4. The molecule has 1 fully saturated rings. The van der Waals surface area contributed by atoms with E-state index in [9.17, 15) is 4.79 Å². The summed E-state index contributed by atoms with van der Waals surface area (Å²) >= 11 is 0. The van der Waals surface area contributed by atoms with E-state index in [1.165, 1.54) is 24.0 Å². The van der Waals surface area contributed by atoms with Gasteiger partial charge in [-0.2, -0.15) is 0 Å². The van der Waals surface area contributed by atoms with Crippen molar-refractivity contribution < 1.29 is 14.6 Å². The molecule has 2 heterocycles. The van der Waals surface area contributed by atoms with Crippen LogP contribution in [0.5, 0.6) is 0 Å². The highest BCUT2D eigenvalue weighted by atomic mass is 16.5. The van der Waals surface area contributed by atoms with Crippen LogP contribution >= 0.6 is 0 Å². The Balaban J connectivity index is 1.80. The van der Waals surface area contributed by atoms with E-state index in [-0.39, 0.29) is 18.7 Å². The molecule has 0 radical (unpaired) electrons. The monoisotopic (exact) mass is 387 g/mol. The van der Waals surface area contributed by atoms with Crippen LogP contribution in [0.1, 0.15) is 72.6 Å². The molecule has 0 amide bonds. The van der Waals surface area contributed by atoms with Crippen LogP contribution in [0.25, 0.3) is 0 Å². The molecule has 2 aliphatic rings. The number of allylic oxidation sites excluding steroid dienone is 4. The second kappa shape index (κ2) is 11.3. The fraction of sp³-hybridized carbons (Fsp3) is 0.625. The first-order valence-corrected chi connectivity index (χ1v) is 10.7. The molecule has 28 heavy (non-hydrogen) atoms.